The molecule has 0 aliphatic carbocycles. The summed E-state index contributed by atoms with van der Waals surface area (Å²) in [6.45, 7) is 26.6. The summed E-state index contributed by atoms with van der Waals surface area (Å²) in [7, 11) is -1.57. The first kappa shape index (κ1) is 52.1. The molecule has 0 spiro atoms. The molecule has 0 radical (unpaired) electrons. The molecule has 4 nitrogen and oxygen atoms in total. The van der Waals surface area contributed by atoms with Crippen molar-refractivity contribution in [2.24, 2.45) is 0 Å². The van der Waals surface area contributed by atoms with Gasteiger partial charge in [0.2, 0.25) is 0 Å². The summed E-state index contributed by atoms with van der Waals surface area (Å²) in [5.41, 5.74) is 29.8. The zero-order valence-electron chi connectivity index (χ0n) is 44.3. The first-order valence-corrected chi connectivity index (χ1v) is 29.6. The minimum Gasteiger partial charge on any atom is -0.657 e. The van der Waals surface area contributed by atoms with E-state index in [-0.39, 0.29) is 21.9 Å². The van der Waals surface area contributed by atoms with E-state index in [0.29, 0.717) is 0 Å². The first-order chi connectivity index (χ1) is 34.8. The average molecular weight is 1130 g/mol. The number of hydrogen-bond donors (Lipinski definition) is 0. The number of aryl methyl sites for hydroxylation is 6. The van der Waals surface area contributed by atoms with Gasteiger partial charge in [0.25, 0.3) is 0 Å². The predicted octanol–water partition coefficient (Wildman–Crippen LogP) is 17.0. The molecule has 8 aromatic rings. The van der Waals surface area contributed by atoms with Crippen molar-refractivity contribution < 1.29 is 16.5 Å². The Bertz CT molecular complexity index is 3840. The molecule has 8 bridgehead atoms. The molecule has 2 aliphatic heterocycles. The zero-order valence-corrected chi connectivity index (χ0v) is 48.4. The number of halogens is 1. The minimum absolute atomic E-state index is 0. The first-order valence-electron chi connectivity index (χ1n) is 25.1. The molecule has 0 saturated heterocycles. The van der Waals surface area contributed by atoms with Crippen molar-refractivity contribution in [1.82, 2.24) is 19.9 Å². The monoisotopic (exact) mass is 1130 g/mol. The molecule has 0 saturated carbocycles. The third-order valence-corrected chi connectivity index (χ3v) is 15.0. The molecular formula is C67H59IN4NiSi. The van der Waals surface area contributed by atoms with Gasteiger partial charge in [-0.25, -0.2) is 9.97 Å². The normalized spacial score (nSPS) is 12.0. The number of benzene rings is 5. The van der Waals surface area contributed by atoms with Crippen LogP contribution in [0.4, 0.5) is 0 Å². The van der Waals surface area contributed by atoms with Crippen LogP contribution in [0.5, 0.6) is 0 Å². The van der Waals surface area contributed by atoms with Gasteiger partial charge < -0.3 is 9.97 Å². The van der Waals surface area contributed by atoms with Gasteiger partial charge in [-0.1, -0.05) is 142 Å². The Balaban J connectivity index is 0.00000672. The molecule has 0 N–H and O–H groups in total. The van der Waals surface area contributed by atoms with Gasteiger partial charge in [0.05, 0.1) is 22.8 Å². The van der Waals surface area contributed by atoms with Crippen LogP contribution in [-0.4, -0.2) is 18.0 Å². The van der Waals surface area contributed by atoms with Crippen LogP contribution in [0.1, 0.15) is 99.2 Å². The molecule has 2 aliphatic rings. The maximum Gasteiger partial charge on any atom is 2.00 e. The molecule has 74 heavy (non-hydrogen) atoms. The number of hydrogen-bond acceptors (Lipinski definition) is 2. The van der Waals surface area contributed by atoms with Crippen LogP contribution in [0, 0.1) is 68.4 Å². The maximum absolute atomic E-state index is 5.59. The van der Waals surface area contributed by atoms with E-state index in [2.05, 4.69) is 267 Å². The summed E-state index contributed by atoms with van der Waals surface area (Å²) in [6.07, 6.45) is 8.59. The van der Waals surface area contributed by atoms with Crippen LogP contribution in [0.2, 0.25) is 19.6 Å². The fourth-order valence-electron chi connectivity index (χ4n) is 10.3. The second-order valence-corrected chi connectivity index (χ2v) is 27.8. The molecule has 7 heteroatoms. The van der Waals surface area contributed by atoms with Crippen LogP contribution < -0.4 is 9.97 Å². The summed E-state index contributed by atoms with van der Waals surface area (Å²) in [5, 5.41) is 0. The van der Waals surface area contributed by atoms with Crippen molar-refractivity contribution in [1.29, 1.82) is 0 Å². The summed E-state index contributed by atoms with van der Waals surface area (Å²) in [4.78, 5) is 22.3. The van der Waals surface area contributed by atoms with Crippen LogP contribution in [0.25, 0.3) is 90.9 Å². The van der Waals surface area contributed by atoms with Gasteiger partial charge in [0, 0.05) is 20.3 Å². The minimum atomic E-state index is -1.57. The van der Waals surface area contributed by atoms with E-state index in [0.717, 1.165) is 106 Å². The molecule has 5 heterocycles. The van der Waals surface area contributed by atoms with Gasteiger partial charge in [0.15, 0.2) is 0 Å². The molecule has 368 valence electrons. The summed E-state index contributed by atoms with van der Waals surface area (Å²) in [5.74, 6) is 10.4. The largest absolute Gasteiger partial charge is 2.00 e. The van der Waals surface area contributed by atoms with Crippen LogP contribution in [-0.2, 0) is 21.9 Å². The van der Waals surface area contributed by atoms with Gasteiger partial charge in [-0.2, -0.15) is 0 Å². The van der Waals surface area contributed by atoms with E-state index in [9.17, 15) is 0 Å². The fourth-order valence-corrected chi connectivity index (χ4v) is 11.5. The third-order valence-electron chi connectivity index (χ3n) is 13.5. The average Bonchev–Trinajstić information content (AvgIpc) is 4.17. The predicted molar refractivity (Wildman–Crippen MR) is 321 cm³/mol. The summed E-state index contributed by atoms with van der Waals surface area (Å²) < 4.78 is 1.18. The van der Waals surface area contributed by atoms with Crippen molar-refractivity contribution in [2.75, 3.05) is 0 Å². The second kappa shape index (κ2) is 20.5. The molecule has 10 rings (SSSR count). The van der Waals surface area contributed by atoms with E-state index in [1.807, 2.05) is 0 Å². The third kappa shape index (κ3) is 10.8. The Kier molecular flexibility index (Phi) is 14.5. The molecule has 0 fully saturated rings. The van der Waals surface area contributed by atoms with Gasteiger partial charge in [0.1, 0.15) is 8.07 Å². The van der Waals surface area contributed by atoms with Crippen molar-refractivity contribution >= 4 is 77.0 Å². The van der Waals surface area contributed by atoms with Gasteiger partial charge in [-0.15, -0.1) is 27.6 Å². The zero-order chi connectivity index (χ0) is 51.5. The van der Waals surface area contributed by atoms with Crippen molar-refractivity contribution in [2.45, 2.75) is 87.4 Å². The molecular weight excluding hydrogens is 1070 g/mol. The number of rotatable bonds is 4. The smallest absolute Gasteiger partial charge is 0.657 e. The van der Waals surface area contributed by atoms with Crippen molar-refractivity contribution in [3.63, 3.8) is 0 Å². The van der Waals surface area contributed by atoms with Crippen LogP contribution in [0.15, 0.2) is 115 Å². The SMILES string of the molecule is Cc1cc(C)c(-c2c3nc(c(-c4ccc(C#C[Si](C)(C)C)cc4)c4ccc([n-]4)c(-c4c(C)cc(C)cc4C)c4nc(c(-c5ccc(C#Cc6cc(I)cc(C(C)(C)C)c6)cc5)c5ccc2[n-]5)C=C4)C=C3)c(C)c1.[Ni+2]. The van der Waals surface area contributed by atoms with E-state index >= 15 is 0 Å². The Morgan fingerprint density at radius 3 is 1.19 bits per heavy atom. The Hall–Kier alpha value is -6.74. The molecule has 0 amide bonds. The number of aromatic nitrogens is 4. The van der Waals surface area contributed by atoms with Gasteiger partial charge in [-0.05, 0) is 209 Å². The maximum atomic E-state index is 5.59. The number of fused-ring (bicyclic) bond motifs is 8. The number of nitrogens with zero attached hydrogens (tertiary/aromatic N) is 4. The topological polar surface area (TPSA) is 54.0 Å². The Morgan fingerprint density at radius 2 is 0.797 bits per heavy atom. The summed E-state index contributed by atoms with van der Waals surface area (Å²) in [6, 6.07) is 41.4. The van der Waals surface area contributed by atoms with Crippen molar-refractivity contribution in [3.8, 4) is 67.8 Å². The Labute approximate surface area is 462 Å². The van der Waals surface area contributed by atoms with E-state index < -0.39 is 8.07 Å². The molecule has 5 aromatic carbocycles. The van der Waals surface area contributed by atoms with Crippen LogP contribution in [0.3, 0.4) is 0 Å². The van der Waals surface area contributed by atoms with Gasteiger partial charge in [-0.3, -0.25) is 0 Å². The van der Waals surface area contributed by atoms with E-state index in [1.165, 1.54) is 42.5 Å². The quantitative estimate of drug-likeness (QED) is 0.100. The van der Waals surface area contributed by atoms with Crippen molar-refractivity contribution in [3.05, 3.63) is 197 Å². The van der Waals surface area contributed by atoms with Crippen LogP contribution >= 0.6 is 22.6 Å². The molecule has 0 unspecified atom stereocenters. The van der Waals surface area contributed by atoms with E-state index in [4.69, 9.17) is 19.9 Å². The van der Waals surface area contributed by atoms with Gasteiger partial charge >= 0.3 is 16.5 Å². The second-order valence-electron chi connectivity index (χ2n) is 21.8. The summed E-state index contributed by atoms with van der Waals surface area (Å²) >= 11 is 2.40. The molecule has 3 aromatic heterocycles. The molecule has 0 atom stereocenters. The Morgan fingerprint density at radius 1 is 0.432 bits per heavy atom. The standard InChI is InChI=1S/C67H59IN4Si.Ni/c1-40-33-42(3)61(43(4)34-40)65-57-27-23-53(69-57)63(49-19-15-46(16-20-49)13-14-48-37-51(67(7,8)9)39-52(68)38-48)54-24-28-58(70-54)66(62-44(5)35-41(2)36-45(62)6)60-30-26-56(72-60)64(55-25-29-59(65)71-55)50-21-17-47(18-22-50)31-32-73(10,11)12;/h15-30,33-39H,1-12H3;/q-2;+2. The van der Waals surface area contributed by atoms with E-state index in [1.54, 1.807) is 0 Å². The fraction of sp³-hybridized carbons (Fsp3) is 0.194.